The van der Waals surface area contributed by atoms with E-state index in [0.29, 0.717) is 0 Å². The summed E-state index contributed by atoms with van der Waals surface area (Å²) in [4.78, 5) is 23.4. The number of nitrogens with zero attached hydrogens (tertiary/aromatic N) is 1. The molecule has 0 aliphatic rings. The van der Waals surface area contributed by atoms with Gasteiger partial charge in [-0.1, -0.05) is 0 Å². The van der Waals surface area contributed by atoms with Crippen molar-refractivity contribution in [1.29, 1.82) is 0 Å². The molecule has 1 unspecified atom stereocenters. The first-order valence-corrected chi connectivity index (χ1v) is 3.68. The summed E-state index contributed by atoms with van der Waals surface area (Å²) in [7, 11) is 4.79. The van der Waals surface area contributed by atoms with Crippen LogP contribution in [0.3, 0.4) is 0 Å². The maximum absolute atomic E-state index is 11.2. The predicted molar refractivity (Wildman–Crippen MR) is 45.7 cm³/mol. The molecule has 0 heterocycles. The van der Waals surface area contributed by atoms with Gasteiger partial charge in [-0.05, 0) is 6.92 Å². The van der Waals surface area contributed by atoms with Crippen LogP contribution in [-0.2, 0) is 4.79 Å². The Kier molecular flexibility index (Phi) is 4.10. The first-order chi connectivity index (χ1) is 5.49. The molecule has 2 N–H and O–H groups in total. The first kappa shape index (κ1) is 10.7. The predicted octanol–water partition coefficient (Wildman–Crippen LogP) is -0.608. The standard InChI is InChI=1S/C7H15N3O2/c1-5(6(11)10(3)4)9-7(12)8-2/h5H,1-4H3,(H2,8,9,12). The summed E-state index contributed by atoms with van der Waals surface area (Å²) in [6, 6.07) is -0.836. The minimum Gasteiger partial charge on any atom is -0.347 e. The summed E-state index contributed by atoms with van der Waals surface area (Å²) in [6.07, 6.45) is 0. The van der Waals surface area contributed by atoms with Crippen LogP contribution in [0.15, 0.2) is 0 Å². The highest BCUT2D eigenvalue weighted by atomic mass is 16.2. The fourth-order valence-corrected chi connectivity index (χ4v) is 0.718. The minimum absolute atomic E-state index is 0.126. The average molecular weight is 173 g/mol. The number of nitrogens with one attached hydrogen (secondary N) is 2. The van der Waals surface area contributed by atoms with E-state index < -0.39 is 6.04 Å². The minimum atomic E-state index is -0.486. The van der Waals surface area contributed by atoms with Crippen molar-refractivity contribution >= 4 is 11.9 Å². The number of likely N-dealkylation sites (N-methyl/N-ethyl adjacent to an activating group) is 1. The lowest BCUT2D eigenvalue weighted by atomic mass is 10.3. The van der Waals surface area contributed by atoms with Crippen molar-refractivity contribution in [1.82, 2.24) is 15.5 Å². The van der Waals surface area contributed by atoms with Gasteiger partial charge in [-0.15, -0.1) is 0 Å². The van der Waals surface area contributed by atoms with Gasteiger partial charge in [-0.3, -0.25) is 4.79 Å². The third-order valence-corrected chi connectivity index (χ3v) is 1.39. The van der Waals surface area contributed by atoms with Gasteiger partial charge in [0.25, 0.3) is 0 Å². The third-order valence-electron chi connectivity index (χ3n) is 1.39. The largest absolute Gasteiger partial charge is 0.347 e. The molecule has 5 heteroatoms. The smallest absolute Gasteiger partial charge is 0.315 e. The van der Waals surface area contributed by atoms with Crippen LogP contribution >= 0.6 is 0 Å². The Labute approximate surface area is 72.1 Å². The van der Waals surface area contributed by atoms with Gasteiger partial charge >= 0.3 is 6.03 Å². The van der Waals surface area contributed by atoms with E-state index in [1.54, 1.807) is 21.0 Å². The Morgan fingerprint density at radius 1 is 1.33 bits per heavy atom. The van der Waals surface area contributed by atoms with E-state index in [9.17, 15) is 9.59 Å². The van der Waals surface area contributed by atoms with E-state index >= 15 is 0 Å². The zero-order valence-corrected chi connectivity index (χ0v) is 7.84. The van der Waals surface area contributed by atoms with Crippen molar-refractivity contribution in [3.05, 3.63) is 0 Å². The highest BCUT2D eigenvalue weighted by Crippen LogP contribution is 1.87. The Morgan fingerprint density at radius 2 is 1.83 bits per heavy atom. The second kappa shape index (κ2) is 4.58. The molecule has 0 fully saturated rings. The molecule has 12 heavy (non-hydrogen) atoms. The van der Waals surface area contributed by atoms with Crippen LogP contribution in [0.4, 0.5) is 4.79 Å². The summed E-state index contributed by atoms with van der Waals surface area (Å²) < 4.78 is 0. The number of hydrogen-bond acceptors (Lipinski definition) is 2. The van der Waals surface area contributed by atoms with E-state index in [2.05, 4.69) is 10.6 Å². The number of amides is 3. The Bertz CT molecular complexity index is 179. The van der Waals surface area contributed by atoms with Gasteiger partial charge in [0.15, 0.2) is 0 Å². The molecule has 70 valence electrons. The molecule has 3 amide bonds. The van der Waals surface area contributed by atoms with E-state index in [1.165, 1.54) is 11.9 Å². The topological polar surface area (TPSA) is 61.4 Å². The van der Waals surface area contributed by atoms with Crippen molar-refractivity contribution in [3.63, 3.8) is 0 Å². The van der Waals surface area contributed by atoms with E-state index in [0.717, 1.165) is 0 Å². The van der Waals surface area contributed by atoms with Crippen molar-refractivity contribution in [2.45, 2.75) is 13.0 Å². The fraction of sp³-hybridized carbons (Fsp3) is 0.714. The van der Waals surface area contributed by atoms with Gasteiger partial charge in [0.1, 0.15) is 6.04 Å². The summed E-state index contributed by atoms with van der Waals surface area (Å²) in [5.74, 6) is -0.126. The molecule has 0 rings (SSSR count). The molecule has 0 aromatic heterocycles. The number of rotatable bonds is 2. The Morgan fingerprint density at radius 3 is 2.17 bits per heavy atom. The molecule has 0 aromatic rings. The molecule has 5 nitrogen and oxygen atoms in total. The van der Waals surface area contributed by atoms with E-state index in [-0.39, 0.29) is 11.9 Å². The van der Waals surface area contributed by atoms with Gasteiger partial charge in [0, 0.05) is 21.1 Å². The monoisotopic (exact) mass is 173 g/mol. The second-order valence-electron chi connectivity index (χ2n) is 2.68. The lowest BCUT2D eigenvalue weighted by Gasteiger charge is -2.17. The highest BCUT2D eigenvalue weighted by Gasteiger charge is 2.15. The van der Waals surface area contributed by atoms with Crippen molar-refractivity contribution < 1.29 is 9.59 Å². The number of hydrogen-bond donors (Lipinski definition) is 2. The van der Waals surface area contributed by atoms with Gasteiger partial charge in [0.05, 0.1) is 0 Å². The molecular weight excluding hydrogens is 158 g/mol. The summed E-state index contributed by atoms with van der Waals surface area (Å²) in [6.45, 7) is 1.64. The summed E-state index contributed by atoms with van der Waals surface area (Å²) in [5, 5.41) is 4.84. The van der Waals surface area contributed by atoms with Crippen LogP contribution in [0, 0.1) is 0 Å². The van der Waals surface area contributed by atoms with Gasteiger partial charge in [0.2, 0.25) is 5.91 Å². The van der Waals surface area contributed by atoms with Crippen molar-refractivity contribution in [2.24, 2.45) is 0 Å². The molecular formula is C7H15N3O2. The van der Waals surface area contributed by atoms with Crippen LogP contribution in [-0.4, -0.2) is 44.0 Å². The summed E-state index contributed by atoms with van der Waals surface area (Å²) >= 11 is 0. The SMILES string of the molecule is CNC(=O)NC(C)C(=O)N(C)C. The quantitative estimate of drug-likeness (QED) is 0.585. The maximum atomic E-state index is 11.2. The molecule has 0 aliphatic heterocycles. The van der Waals surface area contributed by atoms with Crippen LogP contribution in [0.2, 0.25) is 0 Å². The highest BCUT2D eigenvalue weighted by molar-refractivity contribution is 5.86. The average Bonchev–Trinajstić information content (AvgIpc) is 2.02. The molecule has 1 atom stereocenters. The van der Waals surface area contributed by atoms with Crippen LogP contribution in [0.25, 0.3) is 0 Å². The van der Waals surface area contributed by atoms with Crippen LogP contribution < -0.4 is 10.6 Å². The number of urea groups is 1. The van der Waals surface area contributed by atoms with E-state index in [1.807, 2.05) is 0 Å². The lowest BCUT2D eigenvalue weighted by molar-refractivity contribution is -0.130. The Balaban J connectivity index is 3.95. The zero-order chi connectivity index (χ0) is 9.72. The fourth-order valence-electron chi connectivity index (χ4n) is 0.718. The maximum Gasteiger partial charge on any atom is 0.315 e. The Hall–Kier alpha value is -1.26. The molecule has 0 aromatic carbocycles. The molecule has 0 saturated carbocycles. The summed E-state index contributed by atoms with van der Waals surface area (Å²) in [5.41, 5.74) is 0. The van der Waals surface area contributed by atoms with Crippen LogP contribution in [0.5, 0.6) is 0 Å². The van der Waals surface area contributed by atoms with Gasteiger partial charge < -0.3 is 15.5 Å². The van der Waals surface area contributed by atoms with Gasteiger partial charge in [-0.2, -0.15) is 0 Å². The van der Waals surface area contributed by atoms with Crippen LogP contribution in [0.1, 0.15) is 6.92 Å². The van der Waals surface area contributed by atoms with E-state index in [4.69, 9.17) is 0 Å². The lowest BCUT2D eigenvalue weighted by Crippen LogP contribution is -2.47. The second-order valence-corrected chi connectivity index (χ2v) is 2.68. The van der Waals surface area contributed by atoms with Gasteiger partial charge in [-0.25, -0.2) is 4.79 Å². The van der Waals surface area contributed by atoms with Crippen molar-refractivity contribution in [2.75, 3.05) is 21.1 Å². The zero-order valence-electron chi connectivity index (χ0n) is 7.84. The first-order valence-electron chi connectivity index (χ1n) is 3.68. The molecule has 0 saturated heterocycles. The third kappa shape index (κ3) is 3.23. The molecule has 0 radical (unpaired) electrons. The number of carbonyl (C=O) groups excluding carboxylic acids is 2. The molecule has 0 bridgehead atoms. The van der Waals surface area contributed by atoms with Crippen molar-refractivity contribution in [3.8, 4) is 0 Å². The normalized spacial score (nSPS) is 11.7. The number of carbonyl (C=O) groups is 2. The molecule has 0 spiro atoms. The molecule has 0 aliphatic carbocycles.